The highest BCUT2D eigenvalue weighted by Crippen LogP contribution is 2.35. The highest BCUT2D eigenvalue weighted by molar-refractivity contribution is 5.89. The first-order valence-corrected chi connectivity index (χ1v) is 8.19. The Morgan fingerprint density at radius 3 is 2.62 bits per heavy atom. The summed E-state index contributed by atoms with van der Waals surface area (Å²) >= 11 is 0. The van der Waals surface area contributed by atoms with Crippen LogP contribution in [0.25, 0.3) is 0 Å². The fourth-order valence-corrected chi connectivity index (χ4v) is 4.02. The van der Waals surface area contributed by atoms with E-state index in [-0.39, 0.29) is 5.97 Å². The number of rotatable bonds is 3. The van der Waals surface area contributed by atoms with Crippen molar-refractivity contribution in [2.45, 2.75) is 51.1 Å². The molecule has 3 heteroatoms. The van der Waals surface area contributed by atoms with Gasteiger partial charge in [0, 0.05) is 12.6 Å². The van der Waals surface area contributed by atoms with Crippen molar-refractivity contribution in [2.75, 3.05) is 13.7 Å². The number of carbonyl (C=O) groups is 1. The first-order chi connectivity index (χ1) is 10.3. The molecule has 1 aliphatic carbocycles. The highest BCUT2D eigenvalue weighted by Gasteiger charge is 2.32. The Morgan fingerprint density at radius 2 is 1.86 bits per heavy atom. The predicted octanol–water partition coefficient (Wildman–Crippen LogP) is 3.63. The molecule has 3 rings (SSSR count). The van der Waals surface area contributed by atoms with Gasteiger partial charge in [0.2, 0.25) is 0 Å². The summed E-state index contributed by atoms with van der Waals surface area (Å²) in [5.74, 6) is 0.661. The Morgan fingerprint density at radius 1 is 1.14 bits per heavy atom. The van der Waals surface area contributed by atoms with Gasteiger partial charge in [0.05, 0.1) is 12.7 Å². The van der Waals surface area contributed by atoms with Crippen molar-refractivity contribution in [3.8, 4) is 0 Å². The van der Waals surface area contributed by atoms with Crippen molar-refractivity contribution in [1.29, 1.82) is 0 Å². The second-order valence-corrected chi connectivity index (χ2v) is 6.41. The molecule has 3 nitrogen and oxygen atoms in total. The van der Waals surface area contributed by atoms with Crippen LogP contribution in [0, 0.1) is 5.92 Å². The van der Waals surface area contributed by atoms with Crippen molar-refractivity contribution in [3.63, 3.8) is 0 Å². The van der Waals surface area contributed by atoms with Gasteiger partial charge in [-0.2, -0.15) is 0 Å². The van der Waals surface area contributed by atoms with Gasteiger partial charge in [0.25, 0.3) is 0 Å². The van der Waals surface area contributed by atoms with Crippen LogP contribution in [0.1, 0.15) is 54.4 Å². The van der Waals surface area contributed by atoms with Crippen molar-refractivity contribution < 1.29 is 9.53 Å². The lowest BCUT2D eigenvalue weighted by Gasteiger charge is -2.44. The normalized spacial score (nSPS) is 26.1. The number of ether oxygens (including phenoxy) is 1. The van der Waals surface area contributed by atoms with E-state index in [0.29, 0.717) is 5.56 Å². The number of esters is 1. The van der Waals surface area contributed by atoms with E-state index >= 15 is 0 Å². The molecule has 114 valence electrons. The lowest BCUT2D eigenvalue weighted by Crippen LogP contribution is -2.46. The lowest BCUT2D eigenvalue weighted by atomic mass is 9.78. The van der Waals surface area contributed by atoms with Crippen LogP contribution in [0.5, 0.6) is 0 Å². The van der Waals surface area contributed by atoms with E-state index in [9.17, 15) is 4.79 Å². The maximum atomic E-state index is 11.5. The van der Waals surface area contributed by atoms with Crippen molar-refractivity contribution >= 4 is 5.97 Å². The summed E-state index contributed by atoms with van der Waals surface area (Å²) in [4.78, 5) is 14.1. The molecule has 2 unspecified atom stereocenters. The van der Waals surface area contributed by atoms with Crippen LogP contribution in [-0.4, -0.2) is 30.6 Å². The third-order valence-electron chi connectivity index (χ3n) is 5.12. The zero-order valence-corrected chi connectivity index (χ0v) is 12.9. The Labute approximate surface area is 127 Å². The molecule has 1 heterocycles. The van der Waals surface area contributed by atoms with Crippen molar-refractivity contribution in [1.82, 2.24) is 4.90 Å². The molecule has 0 radical (unpaired) electrons. The average Bonchev–Trinajstić information content (AvgIpc) is 2.55. The Balaban J connectivity index is 1.66. The molecular weight excluding hydrogens is 262 g/mol. The second-order valence-electron chi connectivity index (χ2n) is 6.41. The SMILES string of the molecule is COC(=O)c1ccc(CN2CCCC3CCCCC32)cc1. The molecule has 1 aliphatic heterocycles. The van der Waals surface area contributed by atoms with E-state index in [4.69, 9.17) is 4.74 Å². The van der Waals surface area contributed by atoms with Gasteiger partial charge in [-0.15, -0.1) is 0 Å². The van der Waals surface area contributed by atoms with Gasteiger partial charge in [-0.1, -0.05) is 25.0 Å². The second kappa shape index (κ2) is 6.61. The largest absolute Gasteiger partial charge is 0.465 e. The summed E-state index contributed by atoms with van der Waals surface area (Å²) in [6, 6.07) is 8.68. The molecular formula is C18H25NO2. The van der Waals surface area contributed by atoms with Crippen LogP contribution in [-0.2, 0) is 11.3 Å². The summed E-state index contributed by atoms with van der Waals surface area (Å²) in [6.07, 6.45) is 8.35. The fraction of sp³-hybridized carbons (Fsp3) is 0.611. The molecule has 0 amide bonds. The van der Waals surface area contributed by atoms with Gasteiger partial charge in [-0.05, 0) is 55.8 Å². The summed E-state index contributed by atoms with van der Waals surface area (Å²) in [7, 11) is 1.42. The standard InChI is InChI=1S/C18H25NO2/c1-21-18(20)16-10-8-14(9-11-16)13-19-12-4-6-15-5-2-3-7-17(15)19/h8-11,15,17H,2-7,12-13H2,1H3. The van der Waals surface area contributed by atoms with E-state index < -0.39 is 0 Å². The quantitative estimate of drug-likeness (QED) is 0.795. The number of nitrogens with zero attached hydrogens (tertiary/aromatic N) is 1. The van der Waals surface area contributed by atoms with Crippen molar-refractivity contribution in [2.24, 2.45) is 5.92 Å². The Hall–Kier alpha value is -1.35. The summed E-state index contributed by atoms with van der Waals surface area (Å²) in [6.45, 7) is 2.24. The van der Waals surface area contributed by atoms with Crippen LogP contribution in [0.2, 0.25) is 0 Å². The maximum Gasteiger partial charge on any atom is 0.337 e. The number of methoxy groups -OCH3 is 1. The topological polar surface area (TPSA) is 29.5 Å². The molecule has 2 aliphatic rings. The van der Waals surface area contributed by atoms with E-state index in [1.807, 2.05) is 12.1 Å². The van der Waals surface area contributed by atoms with Crippen LogP contribution in [0.4, 0.5) is 0 Å². The third kappa shape index (κ3) is 3.29. The zero-order valence-electron chi connectivity index (χ0n) is 12.9. The van der Waals surface area contributed by atoms with Crippen molar-refractivity contribution in [3.05, 3.63) is 35.4 Å². The molecule has 0 bridgehead atoms. The number of likely N-dealkylation sites (tertiary alicyclic amines) is 1. The van der Waals surface area contributed by atoms with Gasteiger partial charge in [-0.25, -0.2) is 4.79 Å². The first-order valence-electron chi connectivity index (χ1n) is 8.19. The summed E-state index contributed by atoms with van der Waals surface area (Å²) < 4.78 is 4.75. The van der Waals surface area contributed by atoms with Crippen LogP contribution < -0.4 is 0 Å². The monoisotopic (exact) mass is 287 g/mol. The molecule has 1 aromatic rings. The number of carbonyl (C=O) groups excluding carboxylic acids is 1. The van der Waals surface area contributed by atoms with E-state index in [1.165, 1.54) is 57.7 Å². The number of hydrogen-bond donors (Lipinski definition) is 0. The first kappa shape index (κ1) is 14.6. The van der Waals surface area contributed by atoms with Crippen LogP contribution in [0.15, 0.2) is 24.3 Å². The summed E-state index contributed by atoms with van der Waals surface area (Å²) in [5, 5.41) is 0. The molecule has 0 N–H and O–H groups in total. The number of benzene rings is 1. The fourth-order valence-electron chi connectivity index (χ4n) is 4.02. The molecule has 2 atom stereocenters. The minimum Gasteiger partial charge on any atom is -0.465 e. The average molecular weight is 287 g/mol. The molecule has 1 saturated carbocycles. The molecule has 2 fully saturated rings. The Bertz CT molecular complexity index is 480. The number of hydrogen-bond acceptors (Lipinski definition) is 3. The van der Waals surface area contributed by atoms with E-state index in [0.717, 1.165) is 18.5 Å². The number of fused-ring (bicyclic) bond motifs is 1. The van der Waals surface area contributed by atoms with E-state index in [2.05, 4.69) is 17.0 Å². The smallest absolute Gasteiger partial charge is 0.337 e. The van der Waals surface area contributed by atoms with Gasteiger partial charge in [0.15, 0.2) is 0 Å². The Kier molecular flexibility index (Phi) is 4.59. The maximum absolute atomic E-state index is 11.5. The van der Waals surface area contributed by atoms with Gasteiger partial charge in [0.1, 0.15) is 0 Å². The third-order valence-corrected chi connectivity index (χ3v) is 5.12. The zero-order chi connectivity index (χ0) is 14.7. The van der Waals surface area contributed by atoms with E-state index in [1.54, 1.807) is 0 Å². The van der Waals surface area contributed by atoms with Crippen LogP contribution >= 0.6 is 0 Å². The minimum absolute atomic E-state index is 0.258. The van der Waals surface area contributed by atoms with Gasteiger partial charge < -0.3 is 4.74 Å². The van der Waals surface area contributed by atoms with Crippen LogP contribution in [0.3, 0.4) is 0 Å². The summed E-state index contributed by atoms with van der Waals surface area (Å²) in [5.41, 5.74) is 1.93. The minimum atomic E-state index is -0.258. The highest BCUT2D eigenvalue weighted by atomic mass is 16.5. The number of piperidine rings is 1. The van der Waals surface area contributed by atoms with Gasteiger partial charge >= 0.3 is 5.97 Å². The lowest BCUT2D eigenvalue weighted by molar-refractivity contribution is 0.0546. The molecule has 1 aromatic carbocycles. The molecule has 1 saturated heterocycles. The molecule has 0 spiro atoms. The molecule has 21 heavy (non-hydrogen) atoms. The predicted molar refractivity (Wildman–Crippen MR) is 83.2 cm³/mol. The molecule has 0 aromatic heterocycles. The van der Waals surface area contributed by atoms with Gasteiger partial charge in [-0.3, -0.25) is 4.90 Å².